The molecule has 226 valence electrons. The van der Waals surface area contributed by atoms with Crippen LogP contribution in [0.3, 0.4) is 0 Å². The number of hydrogen-bond acceptors (Lipinski definition) is 5. The summed E-state index contributed by atoms with van der Waals surface area (Å²) in [6, 6.07) is 17.2. The molecule has 2 aliphatic heterocycles. The van der Waals surface area contributed by atoms with Crippen molar-refractivity contribution >= 4 is 34.2 Å². The van der Waals surface area contributed by atoms with Crippen LogP contribution in [0.15, 0.2) is 59.6 Å². The number of hydrogen-bond donors (Lipinski definition) is 2. The average Bonchev–Trinajstić information content (AvgIpc) is 3.55. The zero-order valence-corrected chi connectivity index (χ0v) is 25.4. The molecule has 4 aromatic rings. The van der Waals surface area contributed by atoms with Crippen molar-refractivity contribution < 1.29 is 24.2 Å². The van der Waals surface area contributed by atoms with E-state index in [9.17, 15) is 14.7 Å². The normalized spacial score (nSPS) is 16.3. The fraction of sp³-hybridized carbons (Fsp3) is 0.361. The second kappa shape index (κ2) is 10.8. The van der Waals surface area contributed by atoms with Crippen molar-refractivity contribution in [3.8, 4) is 22.8 Å². The highest BCUT2D eigenvalue weighted by Crippen LogP contribution is 2.47. The summed E-state index contributed by atoms with van der Waals surface area (Å²) >= 11 is 0. The third-order valence-corrected chi connectivity index (χ3v) is 9.49. The number of carboxylic acid groups (broad SMARTS) is 1. The number of aromatic carboxylic acids is 1. The lowest BCUT2D eigenvalue weighted by Crippen LogP contribution is -2.49. The summed E-state index contributed by atoms with van der Waals surface area (Å²) < 4.78 is 14.1. The van der Waals surface area contributed by atoms with E-state index >= 15 is 0 Å². The number of rotatable bonds is 6. The Kier molecular flexibility index (Phi) is 6.95. The van der Waals surface area contributed by atoms with E-state index in [4.69, 9.17) is 14.5 Å². The lowest BCUT2D eigenvalue weighted by atomic mass is 9.81. The van der Waals surface area contributed by atoms with E-state index in [1.54, 1.807) is 25.3 Å². The molecule has 3 aliphatic rings. The summed E-state index contributed by atoms with van der Waals surface area (Å²) in [4.78, 5) is 30.0. The van der Waals surface area contributed by atoms with Crippen LogP contribution in [0.5, 0.6) is 11.5 Å². The molecule has 44 heavy (non-hydrogen) atoms. The van der Waals surface area contributed by atoms with Gasteiger partial charge in [0.1, 0.15) is 18.1 Å². The molecule has 3 aromatic carbocycles. The summed E-state index contributed by atoms with van der Waals surface area (Å²) in [6.07, 6.45) is 6.61. The summed E-state index contributed by atoms with van der Waals surface area (Å²) in [5.74, 6) is 0.899. The topological polar surface area (TPSA) is 102 Å². The van der Waals surface area contributed by atoms with Crippen LogP contribution in [0.1, 0.15) is 83.7 Å². The molecule has 0 radical (unpaired) electrons. The summed E-state index contributed by atoms with van der Waals surface area (Å²) in [7, 11) is 1.67. The van der Waals surface area contributed by atoms with Gasteiger partial charge in [-0.15, -0.1) is 0 Å². The van der Waals surface area contributed by atoms with E-state index in [-0.39, 0.29) is 11.5 Å². The quantitative estimate of drug-likeness (QED) is 0.245. The zero-order valence-electron chi connectivity index (χ0n) is 25.4. The van der Waals surface area contributed by atoms with E-state index in [1.807, 2.05) is 38.1 Å². The maximum Gasteiger partial charge on any atom is 0.335 e. The molecular formula is C36H37N3O5. The summed E-state index contributed by atoms with van der Waals surface area (Å²) in [6.45, 7) is 5.09. The van der Waals surface area contributed by atoms with Crippen LogP contribution in [0.4, 0.5) is 5.69 Å². The van der Waals surface area contributed by atoms with Crippen molar-refractivity contribution in [3.05, 3.63) is 76.9 Å². The van der Waals surface area contributed by atoms with Gasteiger partial charge < -0.3 is 24.5 Å². The number of carbonyl (C=O) groups excluding carboxylic acids is 1. The highest BCUT2D eigenvalue weighted by Gasteiger charge is 2.33. The molecule has 0 saturated heterocycles. The monoisotopic (exact) mass is 591 g/mol. The first kappa shape index (κ1) is 28.2. The van der Waals surface area contributed by atoms with E-state index in [2.05, 4.69) is 22.0 Å². The second-order valence-corrected chi connectivity index (χ2v) is 12.7. The number of aromatic nitrogens is 1. The van der Waals surface area contributed by atoms with Gasteiger partial charge in [0.05, 0.1) is 36.1 Å². The number of ether oxygens (including phenoxy) is 2. The van der Waals surface area contributed by atoms with Gasteiger partial charge in [-0.2, -0.15) is 0 Å². The first-order chi connectivity index (χ1) is 21.2. The van der Waals surface area contributed by atoms with Crippen molar-refractivity contribution in [1.29, 1.82) is 0 Å². The molecule has 0 bridgehead atoms. The predicted octanol–water partition coefficient (Wildman–Crippen LogP) is 7.29. The van der Waals surface area contributed by atoms with Crippen LogP contribution in [-0.4, -0.2) is 46.5 Å². The Bertz CT molecular complexity index is 1840. The van der Waals surface area contributed by atoms with Crippen LogP contribution < -0.4 is 14.8 Å². The van der Waals surface area contributed by atoms with Gasteiger partial charge in [0.15, 0.2) is 0 Å². The molecule has 2 N–H and O–H groups in total. The van der Waals surface area contributed by atoms with Gasteiger partial charge in [-0.1, -0.05) is 31.4 Å². The SMILES string of the molecule is COc1ccc2c(c1)OCCn1c-2c(C2CCCCC2)c2ccc(C(=O)NC(C)(C)C3=Nc4cc(C(=O)O)ccc4C3)cc21. The molecule has 3 heterocycles. The number of amides is 1. The number of carboxylic acids is 1. The smallest absolute Gasteiger partial charge is 0.335 e. The number of aliphatic imine (C=N–C) groups is 1. The minimum Gasteiger partial charge on any atom is -0.497 e. The second-order valence-electron chi connectivity index (χ2n) is 12.7. The maximum atomic E-state index is 13.8. The number of carbonyl (C=O) groups is 2. The molecular weight excluding hydrogens is 554 g/mol. The molecule has 1 amide bonds. The zero-order chi connectivity index (χ0) is 30.6. The van der Waals surface area contributed by atoms with Gasteiger partial charge in [0.2, 0.25) is 0 Å². The highest BCUT2D eigenvalue weighted by molar-refractivity contribution is 6.07. The van der Waals surface area contributed by atoms with Gasteiger partial charge in [-0.3, -0.25) is 9.79 Å². The van der Waals surface area contributed by atoms with Crippen molar-refractivity contribution in [1.82, 2.24) is 9.88 Å². The van der Waals surface area contributed by atoms with Gasteiger partial charge in [0, 0.05) is 40.2 Å². The molecule has 1 fully saturated rings. The van der Waals surface area contributed by atoms with Gasteiger partial charge in [-0.25, -0.2) is 4.79 Å². The largest absolute Gasteiger partial charge is 0.497 e. The Hall–Kier alpha value is -4.59. The van der Waals surface area contributed by atoms with Crippen LogP contribution in [-0.2, 0) is 13.0 Å². The molecule has 1 aromatic heterocycles. The number of nitrogens with zero attached hydrogens (tertiary/aromatic N) is 2. The predicted molar refractivity (Wildman–Crippen MR) is 171 cm³/mol. The Morgan fingerprint density at radius 2 is 1.82 bits per heavy atom. The number of benzene rings is 3. The lowest BCUT2D eigenvalue weighted by Gasteiger charge is -2.26. The Labute approximate surface area is 256 Å². The van der Waals surface area contributed by atoms with Gasteiger partial charge in [-0.05, 0) is 80.1 Å². The fourth-order valence-electron chi connectivity index (χ4n) is 7.14. The molecule has 7 rings (SSSR count). The van der Waals surface area contributed by atoms with Gasteiger partial charge >= 0.3 is 5.97 Å². The van der Waals surface area contributed by atoms with Crippen LogP contribution in [0, 0.1) is 0 Å². The Balaban J connectivity index is 1.26. The van der Waals surface area contributed by atoms with Crippen LogP contribution in [0.25, 0.3) is 22.2 Å². The summed E-state index contributed by atoms with van der Waals surface area (Å²) in [5, 5.41) is 13.8. The first-order valence-electron chi connectivity index (χ1n) is 15.5. The lowest BCUT2D eigenvalue weighted by molar-refractivity contribution is 0.0696. The molecule has 1 aliphatic carbocycles. The molecule has 8 nitrogen and oxygen atoms in total. The highest BCUT2D eigenvalue weighted by atomic mass is 16.5. The van der Waals surface area contributed by atoms with Crippen molar-refractivity contribution in [2.75, 3.05) is 13.7 Å². The van der Waals surface area contributed by atoms with E-state index in [0.717, 1.165) is 46.7 Å². The van der Waals surface area contributed by atoms with E-state index in [1.165, 1.54) is 35.9 Å². The van der Waals surface area contributed by atoms with Crippen molar-refractivity contribution in [2.24, 2.45) is 4.99 Å². The van der Waals surface area contributed by atoms with Crippen LogP contribution >= 0.6 is 0 Å². The van der Waals surface area contributed by atoms with Crippen molar-refractivity contribution in [2.45, 2.75) is 70.4 Å². The number of methoxy groups -OCH3 is 1. The van der Waals surface area contributed by atoms with Gasteiger partial charge in [0.25, 0.3) is 5.91 Å². The maximum absolute atomic E-state index is 13.8. The third kappa shape index (κ3) is 4.82. The number of fused-ring (bicyclic) bond motifs is 6. The molecule has 0 spiro atoms. The molecule has 0 atom stereocenters. The number of nitrogens with one attached hydrogen (secondary N) is 1. The molecule has 1 saturated carbocycles. The van der Waals surface area contributed by atoms with Crippen LogP contribution in [0.2, 0.25) is 0 Å². The van der Waals surface area contributed by atoms with Crippen molar-refractivity contribution in [3.63, 3.8) is 0 Å². The van der Waals surface area contributed by atoms with E-state index < -0.39 is 11.5 Å². The minimum absolute atomic E-state index is 0.174. The Morgan fingerprint density at radius 3 is 2.59 bits per heavy atom. The first-order valence-corrected chi connectivity index (χ1v) is 15.5. The minimum atomic E-state index is -0.982. The standard InChI is InChI=1S/C36H37N3O5/c1-36(2,31-19-22-9-10-24(35(41)42)17-28(22)37-31)38-34(40)23-11-13-26-29(18-23)39-15-16-44-30-20-25(43-3)12-14-27(30)33(39)32(26)21-7-5-4-6-8-21/h9-14,17-18,20-21H,4-8,15-16,19H2,1-3H3,(H,38,40)(H,41,42). The Morgan fingerprint density at radius 1 is 1.02 bits per heavy atom. The third-order valence-electron chi connectivity index (χ3n) is 9.49. The molecule has 0 unspecified atom stereocenters. The summed E-state index contributed by atoms with van der Waals surface area (Å²) in [5.41, 5.74) is 7.13. The fourth-order valence-corrected chi connectivity index (χ4v) is 7.14. The van der Waals surface area contributed by atoms with E-state index in [0.29, 0.717) is 36.7 Å². The average molecular weight is 592 g/mol. The molecule has 8 heteroatoms.